The topological polar surface area (TPSA) is 49.9 Å². The molecule has 2 fully saturated rings. The average molecular weight is 341 g/mol. The zero-order valence-corrected chi connectivity index (χ0v) is 16.2. The van der Waals surface area contributed by atoms with Crippen molar-refractivity contribution >= 4 is 12.0 Å². The largest absolute Gasteiger partial charge is 0.449 e. The molecular formula is C19H36N2O3. The van der Waals surface area contributed by atoms with Gasteiger partial charge in [-0.2, -0.15) is 0 Å². The van der Waals surface area contributed by atoms with Crippen molar-refractivity contribution in [2.24, 2.45) is 17.8 Å². The Morgan fingerprint density at radius 1 is 0.958 bits per heavy atom. The smallest absolute Gasteiger partial charge is 0.409 e. The minimum Gasteiger partial charge on any atom is -0.449 e. The highest BCUT2D eigenvalue weighted by molar-refractivity contribution is 5.79. The van der Waals surface area contributed by atoms with Crippen LogP contribution in [0.3, 0.4) is 0 Å². The standard InChI is InChI=1S/C17H30N2O3.C2H6/c1-13(2)12-22-17(21)19-10-8-18(9-11-19)16(20)15-6-4-14(3)5-7-15;1-2/h13-15H,4-12H2,1-3H3;1-2H3. The van der Waals surface area contributed by atoms with E-state index >= 15 is 0 Å². The molecule has 0 aromatic rings. The van der Waals surface area contributed by atoms with E-state index in [9.17, 15) is 9.59 Å². The van der Waals surface area contributed by atoms with E-state index in [4.69, 9.17) is 4.74 Å². The first-order chi connectivity index (χ1) is 11.5. The highest BCUT2D eigenvalue weighted by atomic mass is 16.6. The van der Waals surface area contributed by atoms with Crippen molar-refractivity contribution in [2.45, 2.75) is 60.3 Å². The molecule has 0 atom stereocenters. The number of hydrogen-bond acceptors (Lipinski definition) is 3. The lowest BCUT2D eigenvalue weighted by atomic mass is 9.82. The van der Waals surface area contributed by atoms with Gasteiger partial charge in [0.05, 0.1) is 6.61 Å². The van der Waals surface area contributed by atoms with Crippen LogP contribution in [0.25, 0.3) is 0 Å². The van der Waals surface area contributed by atoms with E-state index < -0.39 is 0 Å². The normalized spacial score (nSPS) is 24.2. The van der Waals surface area contributed by atoms with Crippen molar-refractivity contribution in [1.82, 2.24) is 9.80 Å². The van der Waals surface area contributed by atoms with Crippen molar-refractivity contribution < 1.29 is 14.3 Å². The maximum absolute atomic E-state index is 12.5. The molecule has 5 nitrogen and oxygen atoms in total. The average Bonchev–Trinajstić information content (AvgIpc) is 2.61. The molecule has 0 aromatic heterocycles. The first-order valence-electron chi connectivity index (χ1n) is 9.68. The Balaban J connectivity index is 0.00000139. The quantitative estimate of drug-likeness (QED) is 0.785. The van der Waals surface area contributed by atoms with Crippen LogP contribution in [0.5, 0.6) is 0 Å². The van der Waals surface area contributed by atoms with Gasteiger partial charge in [0.15, 0.2) is 0 Å². The minimum absolute atomic E-state index is 0.204. The summed E-state index contributed by atoms with van der Waals surface area (Å²) in [4.78, 5) is 28.1. The molecule has 2 amide bonds. The van der Waals surface area contributed by atoms with Gasteiger partial charge < -0.3 is 14.5 Å². The summed E-state index contributed by atoms with van der Waals surface area (Å²) >= 11 is 0. The third-order valence-corrected chi connectivity index (χ3v) is 4.75. The summed E-state index contributed by atoms with van der Waals surface area (Å²) < 4.78 is 5.25. The molecule has 0 bridgehead atoms. The number of nitrogens with zero attached hydrogens (tertiary/aromatic N) is 2. The van der Waals surface area contributed by atoms with Crippen LogP contribution in [-0.2, 0) is 9.53 Å². The molecule has 0 aromatic carbocycles. The van der Waals surface area contributed by atoms with Crippen molar-refractivity contribution in [1.29, 1.82) is 0 Å². The molecule has 24 heavy (non-hydrogen) atoms. The first kappa shape index (κ1) is 20.8. The number of rotatable bonds is 3. The van der Waals surface area contributed by atoms with E-state index in [1.165, 1.54) is 0 Å². The highest BCUT2D eigenvalue weighted by Crippen LogP contribution is 2.29. The van der Waals surface area contributed by atoms with Crippen LogP contribution >= 0.6 is 0 Å². The van der Waals surface area contributed by atoms with Crippen LogP contribution in [-0.4, -0.2) is 54.6 Å². The third kappa shape index (κ3) is 6.33. The Bertz CT molecular complexity index is 382. The Morgan fingerprint density at radius 2 is 1.46 bits per heavy atom. The van der Waals surface area contributed by atoms with Gasteiger partial charge in [0.2, 0.25) is 5.91 Å². The van der Waals surface area contributed by atoms with Crippen molar-refractivity contribution in [3.8, 4) is 0 Å². The minimum atomic E-state index is -0.243. The molecule has 1 heterocycles. The molecule has 140 valence electrons. The number of carbonyl (C=O) groups is 2. The van der Waals surface area contributed by atoms with Gasteiger partial charge in [-0.15, -0.1) is 0 Å². The summed E-state index contributed by atoms with van der Waals surface area (Å²) in [5.74, 6) is 1.61. The number of ether oxygens (including phenoxy) is 1. The Morgan fingerprint density at radius 3 is 1.96 bits per heavy atom. The fourth-order valence-electron chi connectivity index (χ4n) is 3.20. The molecule has 2 aliphatic rings. The monoisotopic (exact) mass is 340 g/mol. The molecule has 0 radical (unpaired) electrons. The molecule has 0 N–H and O–H groups in total. The summed E-state index contributed by atoms with van der Waals surface area (Å²) in [6.07, 6.45) is 4.13. The lowest BCUT2D eigenvalue weighted by Gasteiger charge is -2.37. The van der Waals surface area contributed by atoms with Crippen molar-refractivity contribution in [2.75, 3.05) is 32.8 Å². The summed E-state index contributed by atoms with van der Waals surface area (Å²) in [5, 5.41) is 0. The van der Waals surface area contributed by atoms with Gasteiger partial charge in [0.25, 0.3) is 0 Å². The molecule has 1 aliphatic heterocycles. The predicted octanol–water partition coefficient (Wildman–Crippen LogP) is 3.78. The maximum Gasteiger partial charge on any atom is 0.409 e. The summed E-state index contributed by atoms with van der Waals surface area (Å²) in [6.45, 7) is 13.2. The van der Waals surface area contributed by atoms with Crippen molar-refractivity contribution in [3.05, 3.63) is 0 Å². The van der Waals surface area contributed by atoms with E-state index in [2.05, 4.69) is 6.92 Å². The van der Waals surface area contributed by atoms with E-state index in [1.54, 1.807) is 4.90 Å². The second-order valence-electron chi connectivity index (χ2n) is 7.24. The van der Waals surface area contributed by atoms with Gasteiger partial charge in [-0.05, 0) is 37.5 Å². The van der Waals surface area contributed by atoms with Crippen LogP contribution in [0.15, 0.2) is 0 Å². The van der Waals surface area contributed by atoms with Crippen LogP contribution < -0.4 is 0 Å². The van der Waals surface area contributed by atoms with Gasteiger partial charge in [-0.25, -0.2) is 4.79 Å². The second-order valence-corrected chi connectivity index (χ2v) is 7.24. The van der Waals surface area contributed by atoms with Crippen LogP contribution in [0, 0.1) is 17.8 Å². The molecule has 5 heteroatoms. The van der Waals surface area contributed by atoms with E-state index in [-0.39, 0.29) is 12.0 Å². The molecule has 1 saturated carbocycles. The van der Waals surface area contributed by atoms with Crippen molar-refractivity contribution in [3.63, 3.8) is 0 Å². The molecule has 1 aliphatic carbocycles. The number of amides is 2. The van der Waals surface area contributed by atoms with Gasteiger partial charge >= 0.3 is 6.09 Å². The molecule has 2 rings (SSSR count). The van der Waals surface area contributed by atoms with Crippen LogP contribution in [0.4, 0.5) is 4.79 Å². The second kappa shape index (κ2) is 10.6. The zero-order valence-electron chi connectivity index (χ0n) is 16.2. The highest BCUT2D eigenvalue weighted by Gasteiger charge is 2.31. The first-order valence-corrected chi connectivity index (χ1v) is 9.68. The van der Waals surface area contributed by atoms with Gasteiger partial charge in [0.1, 0.15) is 0 Å². The van der Waals surface area contributed by atoms with E-state index in [0.717, 1.165) is 31.6 Å². The third-order valence-electron chi connectivity index (χ3n) is 4.75. The summed E-state index contributed by atoms with van der Waals surface area (Å²) in [6, 6.07) is 0. The van der Waals surface area contributed by atoms with E-state index in [1.807, 2.05) is 32.6 Å². The Labute approximate surface area is 147 Å². The van der Waals surface area contributed by atoms with Gasteiger partial charge in [-0.3, -0.25) is 4.79 Å². The summed E-state index contributed by atoms with van der Waals surface area (Å²) in [5.41, 5.74) is 0. The lowest BCUT2D eigenvalue weighted by Crippen LogP contribution is -2.52. The lowest BCUT2D eigenvalue weighted by molar-refractivity contribution is -0.138. The molecule has 0 spiro atoms. The van der Waals surface area contributed by atoms with Crippen LogP contribution in [0.1, 0.15) is 60.3 Å². The summed E-state index contributed by atoms with van der Waals surface area (Å²) in [7, 11) is 0. The van der Waals surface area contributed by atoms with Gasteiger partial charge in [0, 0.05) is 32.1 Å². The number of hydrogen-bond donors (Lipinski definition) is 0. The Hall–Kier alpha value is -1.26. The van der Waals surface area contributed by atoms with E-state index in [0.29, 0.717) is 44.6 Å². The SMILES string of the molecule is CC.CC(C)COC(=O)N1CCN(C(=O)C2CCC(C)CC2)CC1. The molecule has 0 unspecified atom stereocenters. The zero-order chi connectivity index (χ0) is 18.1. The number of piperazine rings is 1. The van der Waals surface area contributed by atoms with Gasteiger partial charge in [-0.1, -0.05) is 34.6 Å². The Kier molecular flexibility index (Phi) is 9.16. The fourth-order valence-corrected chi connectivity index (χ4v) is 3.20. The number of carbonyl (C=O) groups excluding carboxylic acids is 2. The molecule has 1 saturated heterocycles. The van der Waals surface area contributed by atoms with Crippen LogP contribution in [0.2, 0.25) is 0 Å². The fraction of sp³-hybridized carbons (Fsp3) is 0.895. The maximum atomic E-state index is 12.5. The predicted molar refractivity (Wildman–Crippen MR) is 96.8 cm³/mol. The molecular weight excluding hydrogens is 304 g/mol.